The van der Waals surface area contributed by atoms with Gasteiger partial charge in [0.1, 0.15) is 0 Å². The van der Waals surface area contributed by atoms with Gasteiger partial charge in [-0.05, 0) is 43.4 Å². The first-order valence-electron chi connectivity index (χ1n) is 9.17. The second-order valence-electron chi connectivity index (χ2n) is 7.19. The predicted molar refractivity (Wildman–Crippen MR) is 86.0 cm³/mol. The molecule has 0 radical (unpaired) electrons. The Labute approximate surface area is 129 Å². The summed E-state index contributed by atoms with van der Waals surface area (Å²) in [7, 11) is 0. The minimum absolute atomic E-state index is 0.216. The van der Waals surface area contributed by atoms with Crippen LogP contribution in [0.1, 0.15) is 77.0 Å². The van der Waals surface area contributed by atoms with Crippen molar-refractivity contribution in [3.05, 3.63) is 0 Å². The van der Waals surface area contributed by atoms with Crippen molar-refractivity contribution in [1.29, 1.82) is 0 Å². The third-order valence-electron chi connectivity index (χ3n) is 5.60. The summed E-state index contributed by atoms with van der Waals surface area (Å²) < 4.78 is 0. The topological polar surface area (TPSA) is 49.3 Å². The van der Waals surface area contributed by atoms with Crippen LogP contribution >= 0.6 is 0 Å². The van der Waals surface area contributed by atoms with E-state index in [9.17, 15) is 9.90 Å². The predicted octanol–water partition coefficient (Wildman–Crippen LogP) is 3.65. The normalized spacial score (nSPS) is 27.5. The van der Waals surface area contributed by atoms with Crippen molar-refractivity contribution in [3.8, 4) is 0 Å². The van der Waals surface area contributed by atoms with Crippen molar-refractivity contribution >= 4 is 5.91 Å². The van der Waals surface area contributed by atoms with Crippen LogP contribution in [0.15, 0.2) is 0 Å². The van der Waals surface area contributed by atoms with E-state index in [0.29, 0.717) is 18.3 Å². The molecule has 0 aromatic carbocycles. The Kier molecular flexibility index (Phi) is 7.56. The van der Waals surface area contributed by atoms with E-state index in [0.717, 1.165) is 31.7 Å². The monoisotopic (exact) mass is 295 g/mol. The van der Waals surface area contributed by atoms with Gasteiger partial charge in [-0.1, -0.05) is 44.9 Å². The summed E-state index contributed by atoms with van der Waals surface area (Å²) >= 11 is 0. The fraction of sp³-hybridized carbons (Fsp3) is 0.944. The molecule has 1 amide bonds. The van der Waals surface area contributed by atoms with E-state index in [1.165, 1.54) is 51.4 Å². The third kappa shape index (κ3) is 5.98. The zero-order chi connectivity index (χ0) is 14.9. The molecule has 3 nitrogen and oxygen atoms in total. The van der Waals surface area contributed by atoms with E-state index in [-0.39, 0.29) is 12.5 Å². The number of carbonyl (C=O) groups is 1. The number of hydrogen-bond acceptors (Lipinski definition) is 2. The van der Waals surface area contributed by atoms with Gasteiger partial charge in [0.25, 0.3) is 0 Å². The molecule has 2 saturated carbocycles. The molecular weight excluding hydrogens is 262 g/mol. The van der Waals surface area contributed by atoms with Gasteiger partial charge in [0.2, 0.25) is 5.91 Å². The Morgan fingerprint density at radius 3 is 2.33 bits per heavy atom. The minimum Gasteiger partial charge on any atom is -0.396 e. The Morgan fingerprint density at radius 1 is 0.952 bits per heavy atom. The molecular formula is C18H33NO2. The van der Waals surface area contributed by atoms with Crippen molar-refractivity contribution in [2.24, 2.45) is 17.8 Å². The van der Waals surface area contributed by atoms with E-state index in [1.54, 1.807) is 0 Å². The van der Waals surface area contributed by atoms with Crippen molar-refractivity contribution < 1.29 is 9.90 Å². The van der Waals surface area contributed by atoms with Gasteiger partial charge in [-0.25, -0.2) is 0 Å². The Hall–Kier alpha value is -0.570. The fourth-order valence-electron chi connectivity index (χ4n) is 4.15. The Balaban J connectivity index is 1.56. The first-order chi connectivity index (χ1) is 10.3. The number of amides is 1. The number of aliphatic hydroxyl groups is 1. The average Bonchev–Trinajstić information content (AvgIpc) is 2.54. The van der Waals surface area contributed by atoms with Gasteiger partial charge < -0.3 is 10.4 Å². The molecule has 122 valence electrons. The molecule has 0 bridgehead atoms. The Bertz CT molecular complexity index is 300. The summed E-state index contributed by atoms with van der Waals surface area (Å²) in [6.07, 6.45) is 14.7. The van der Waals surface area contributed by atoms with E-state index in [2.05, 4.69) is 5.32 Å². The van der Waals surface area contributed by atoms with Crippen LogP contribution in [-0.2, 0) is 4.79 Å². The highest BCUT2D eigenvalue weighted by atomic mass is 16.3. The van der Waals surface area contributed by atoms with Gasteiger partial charge in [-0.3, -0.25) is 4.79 Å². The number of aliphatic hydroxyl groups excluding tert-OH is 1. The number of carbonyl (C=O) groups excluding carboxylic acids is 1. The van der Waals surface area contributed by atoms with Crippen molar-refractivity contribution in [2.45, 2.75) is 77.0 Å². The lowest BCUT2D eigenvalue weighted by Gasteiger charge is -2.30. The van der Waals surface area contributed by atoms with Crippen LogP contribution in [0.4, 0.5) is 0 Å². The third-order valence-corrected chi connectivity index (χ3v) is 5.60. The first kappa shape index (κ1) is 16.8. The maximum Gasteiger partial charge on any atom is 0.220 e. The maximum absolute atomic E-state index is 11.9. The SMILES string of the molecule is O=C(CCCC1CCCCC1)NCC1CCCCC1CO. The number of nitrogens with one attached hydrogen (secondary N) is 1. The molecule has 0 aromatic rings. The van der Waals surface area contributed by atoms with Crippen LogP contribution in [-0.4, -0.2) is 24.2 Å². The highest BCUT2D eigenvalue weighted by Gasteiger charge is 2.24. The summed E-state index contributed by atoms with van der Waals surface area (Å²) in [6, 6.07) is 0. The maximum atomic E-state index is 11.9. The number of rotatable bonds is 7. The lowest BCUT2D eigenvalue weighted by Crippen LogP contribution is -2.35. The van der Waals surface area contributed by atoms with Crippen molar-refractivity contribution in [3.63, 3.8) is 0 Å². The highest BCUT2D eigenvalue weighted by Crippen LogP contribution is 2.29. The molecule has 2 aliphatic carbocycles. The largest absolute Gasteiger partial charge is 0.396 e. The minimum atomic E-state index is 0.216. The zero-order valence-corrected chi connectivity index (χ0v) is 13.5. The van der Waals surface area contributed by atoms with Gasteiger partial charge >= 0.3 is 0 Å². The van der Waals surface area contributed by atoms with E-state index >= 15 is 0 Å². The van der Waals surface area contributed by atoms with Crippen molar-refractivity contribution in [1.82, 2.24) is 5.32 Å². The highest BCUT2D eigenvalue weighted by molar-refractivity contribution is 5.75. The first-order valence-corrected chi connectivity index (χ1v) is 9.17. The summed E-state index contributed by atoms with van der Waals surface area (Å²) in [5, 5.41) is 12.5. The van der Waals surface area contributed by atoms with Crippen LogP contribution in [0.2, 0.25) is 0 Å². The van der Waals surface area contributed by atoms with E-state index < -0.39 is 0 Å². The summed E-state index contributed by atoms with van der Waals surface area (Å²) in [5.74, 6) is 1.99. The Morgan fingerprint density at radius 2 is 1.62 bits per heavy atom. The molecule has 2 fully saturated rings. The van der Waals surface area contributed by atoms with Crippen LogP contribution in [0.5, 0.6) is 0 Å². The second-order valence-corrected chi connectivity index (χ2v) is 7.19. The lowest BCUT2D eigenvalue weighted by molar-refractivity contribution is -0.121. The van der Waals surface area contributed by atoms with Crippen LogP contribution in [0.3, 0.4) is 0 Å². The molecule has 0 saturated heterocycles. The summed E-state index contributed by atoms with van der Waals surface area (Å²) in [4.78, 5) is 11.9. The van der Waals surface area contributed by atoms with Gasteiger partial charge in [0.05, 0.1) is 0 Å². The van der Waals surface area contributed by atoms with Crippen molar-refractivity contribution in [2.75, 3.05) is 13.2 Å². The summed E-state index contributed by atoms with van der Waals surface area (Å²) in [6.45, 7) is 1.05. The number of hydrogen-bond donors (Lipinski definition) is 2. The zero-order valence-electron chi connectivity index (χ0n) is 13.5. The van der Waals surface area contributed by atoms with E-state index in [4.69, 9.17) is 0 Å². The molecule has 3 heteroatoms. The molecule has 2 atom stereocenters. The molecule has 0 spiro atoms. The lowest BCUT2D eigenvalue weighted by atomic mass is 9.79. The molecule has 21 heavy (non-hydrogen) atoms. The summed E-state index contributed by atoms with van der Waals surface area (Å²) in [5.41, 5.74) is 0. The van der Waals surface area contributed by atoms with Crippen LogP contribution in [0.25, 0.3) is 0 Å². The van der Waals surface area contributed by atoms with Gasteiger partial charge in [-0.15, -0.1) is 0 Å². The molecule has 2 rings (SSSR count). The standard InChI is InChI=1S/C18H33NO2/c20-14-17-11-5-4-10-16(17)13-19-18(21)12-6-9-15-7-2-1-3-8-15/h15-17,20H,1-14H2,(H,19,21). The molecule has 0 heterocycles. The van der Waals surface area contributed by atoms with Gasteiger partial charge in [0.15, 0.2) is 0 Å². The van der Waals surface area contributed by atoms with Crippen LogP contribution < -0.4 is 5.32 Å². The molecule has 2 N–H and O–H groups in total. The second kappa shape index (κ2) is 9.45. The average molecular weight is 295 g/mol. The van der Waals surface area contributed by atoms with Gasteiger partial charge in [-0.2, -0.15) is 0 Å². The molecule has 0 aromatic heterocycles. The van der Waals surface area contributed by atoms with Crippen LogP contribution in [0, 0.1) is 17.8 Å². The fourth-order valence-corrected chi connectivity index (χ4v) is 4.15. The molecule has 2 unspecified atom stereocenters. The quantitative estimate of drug-likeness (QED) is 0.753. The molecule has 2 aliphatic rings. The smallest absolute Gasteiger partial charge is 0.220 e. The van der Waals surface area contributed by atoms with E-state index in [1.807, 2.05) is 0 Å². The van der Waals surface area contributed by atoms with Gasteiger partial charge in [0, 0.05) is 19.6 Å². The molecule has 0 aliphatic heterocycles.